The quantitative estimate of drug-likeness (QED) is 0.452. The number of hydrogen-bond acceptors (Lipinski definition) is 4. The van der Waals surface area contributed by atoms with Crippen LogP contribution in [0.3, 0.4) is 0 Å². The molecule has 1 aromatic rings. The fraction of sp³-hybridized carbons (Fsp3) is 0.467. The molecule has 1 rings (SSSR count). The maximum Gasteiger partial charge on any atom is 0.186 e. The zero-order valence-corrected chi connectivity index (χ0v) is 14.8. The van der Waals surface area contributed by atoms with E-state index < -0.39 is 0 Å². The van der Waals surface area contributed by atoms with Crippen molar-refractivity contribution in [2.24, 2.45) is 5.10 Å². The Kier molecular flexibility index (Phi) is 7.98. The van der Waals surface area contributed by atoms with Crippen LogP contribution in [0.25, 0.3) is 0 Å². The number of nitrogens with one attached hydrogen (secondary N) is 2. The number of benzene rings is 1. The monoisotopic (exact) mass is 343 g/mol. The number of ether oxygens (including phenoxy) is 2. The van der Waals surface area contributed by atoms with Gasteiger partial charge in [0.15, 0.2) is 16.6 Å². The first-order chi connectivity index (χ1) is 10.5. The van der Waals surface area contributed by atoms with Gasteiger partial charge in [-0.15, -0.1) is 0 Å². The highest BCUT2D eigenvalue weighted by Gasteiger charge is 2.13. The van der Waals surface area contributed by atoms with Gasteiger partial charge in [-0.3, -0.25) is 5.43 Å². The number of thiocarbonyl (C=S) groups is 1. The van der Waals surface area contributed by atoms with E-state index in [1.165, 1.54) is 0 Å². The van der Waals surface area contributed by atoms with E-state index in [1.807, 2.05) is 26.8 Å². The molecule has 5 nitrogen and oxygen atoms in total. The van der Waals surface area contributed by atoms with Gasteiger partial charge in [0, 0.05) is 6.54 Å². The number of methoxy groups -OCH3 is 1. The molecule has 0 spiro atoms. The molecule has 0 saturated carbocycles. The van der Waals surface area contributed by atoms with Crippen LogP contribution in [0.4, 0.5) is 0 Å². The molecule has 0 aliphatic carbocycles. The van der Waals surface area contributed by atoms with Crippen molar-refractivity contribution in [2.45, 2.75) is 33.3 Å². The van der Waals surface area contributed by atoms with Crippen LogP contribution in [-0.2, 0) is 0 Å². The van der Waals surface area contributed by atoms with Crippen molar-refractivity contribution < 1.29 is 9.47 Å². The minimum Gasteiger partial charge on any atom is -0.493 e. The first kappa shape index (κ1) is 18.5. The van der Waals surface area contributed by atoms with E-state index in [4.69, 9.17) is 33.3 Å². The maximum atomic E-state index is 6.28. The molecule has 0 fully saturated rings. The van der Waals surface area contributed by atoms with Crippen molar-refractivity contribution >= 4 is 35.1 Å². The third-order valence-corrected chi connectivity index (χ3v) is 3.38. The molecular weight excluding hydrogens is 322 g/mol. The van der Waals surface area contributed by atoms with Gasteiger partial charge in [-0.05, 0) is 50.2 Å². The van der Waals surface area contributed by atoms with Crippen LogP contribution in [0.5, 0.6) is 11.5 Å². The van der Waals surface area contributed by atoms with Gasteiger partial charge in [-0.25, -0.2) is 0 Å². The number of rotatable bonds is 7. The van der Waals surface area contributed by atoms with Crippen molar-refractivity contribution in [3.05, 3.63) is 22.7 Å². The second-order valence-electron chi connectivity index (χ2n) is 4.60. The van der Waals surface area contributed by atoms with Gasteiger partial charge in [0.2, 0.25) is 0 Å². The first-order valence-electron chi connectivity index (χ1n) is 7.12. The van der Waals surface area contributed by atoms with Gasteiger partial charge in [0.05, 0.1) is 24.5 Å². The van der Waals surface area contributed by atoms with Crippen LogP contribution in [-0.4, -0.2) is 31.1 Å². The summed E-state index contributed by atoms with van der Waals surface area (Å²) < 4.78 is 11.1. The number of halogens is 1. The van der Waals surface area contributed by atoms with Crippen molar-refractivity contribution in [3.63, 3.8) is 0 Å². The lowest BCUT2D eigenvalue weighted by Crippen LogP contribution is -2.31. The summed E-state index contributed by atoms with van der Waals surface area (Å²) in [6, 6.07) is 3.58. The van der Waals surface area contributed by atoms with Gasteiger partial charge in [0.1, 0.15) is 0 Å². The van der Waals surface area contributed by atoms with Gasteiger partial charge in [-0.1, -0.05) is 18.5 Å². The normalized spacial score (nSPS) is 12.0. The summed E-state index contributed by atoms with van der Waals surface area (Å²) in [6.45, 7) is 6.72. The van der Waals surface area contributed by atoms with Crippen LogP contribution in [0.1, 0.15) is 32.8 Å². The second kappa shape index (κ2) is 9.48. The highest BCUT2D eigenvalue weighted by molar-refractivity contribution is 7.80. The zero-order valence-electron chi connectivity index (χ0n) is 13.3. The molecule has 0 amide bonds. The predicted octanol–water partition coefficient (Wildman–Crippen LogP) is 3.34. The van der Waals surface area contributed by atoms with Crippen LogP contribution >= 0.6 is 23.8 Å². The van der Waals surface area contributed by atoms with Crippen molar-refractivity contribution in [2.75, 3.05) is 13.7 Å². The highest BCUT2D eigenvalue weighted by Crippen LogP contribution is 2.36. The Morgan fingerprint density at radius 3 is 2.77 bits per heavy atom. The van der Waals surface area contributed by atoms with E-state index in [9.17, 15) is 0 Å². The lowest BCUT2D eigenvalue weighted by atomic mass is 10.2. The summed E-state index contributed by atoms with van der Waals surface area (Å²) in [6.07, 6.45) is 2.56. The van der Waals surface area contributed by atoms with Crippen LogP contribution < -0.4 is 20.2 Å². The molecule has 22 heavy (non-hydrogen) atoms. The third kappa shape index (κ3) is 5.69. The smallest absolute Gasteiger partial charge is 0.186 e. The standard InChI is InChI=1S/C15H22ClN3O2S/c1-5-10(3)21-14-12(16)7-11(8-13(14)20-4)9-18-19-15(22)17-6-2/h7-10H,5-6H2,1-4H3,(H2,17,19,22)/b18-9-/t10-/m1/s1. The molecule has 1 atom stereocenters. The molecule has 0 saturated heterocycles. The number of hydrazone groups is 1. The molecule has 0 radical (unpaired) electrons. The van der Waals surface area contributed by atoms with E-state index in [1.54, 1.807) is 19.4 Å². The van der Waals surface area contributed by atoms with Crippen molar-refractivity contribution in [1.82, 2.24) is 10.7 Å². The SMILES string of the molecule is CCNC(=S)N/N=C\c1cc(Cl)c(O[C@H](C)CC)c(OC)c1. The summed E-state index contributed by atoms with van der Waals surface area (Å²) in [5.74, 6) is 1.12. The Morgan fingerprint density at radius 1 is 1.45 bits per heavy atom. The fourth-order valence-corrected chi connectivity index (χ4v) is 2.04. The molecule has 0 unspecified atom stereocenters. The Labute approximate surface area is 142 Å². The van der Waals surface area contributed by atoms with Crippen molar-refractivity contribution in [1.29, 1.82) is 0 Å². The van der Waals surface area contributed by atoms with Crippen molar-refractivity contribution in [3.8, 4) is 11.5 Å². The third-order valence-electron chi connectivity index (χ3n) is 2.86. The minimum absolute atomic E-state index is 0.0603. The topological polar surface area (TPSA) is 54.9 Å². The van der Waals surface area contributed by atoms with Gasteiger partial charge in [0.25, 0.3) is 0 Å². The number of hydrogen-bond donors (Lipinski definition) is 2. The Hall–Kier alpha value is -1.53. The second-order valence-corrected chi connectivity index (χ2v) is 5.42. The Morgan fingerprint density at radius 2 is 2.18 bits per heavy atom. The summed E-state index contributed by atoms with van der Waals surface area (Å²) in [4.78, 5) is 0. The van der Waals surface area contributed by atoms with Gasteiger partial charge in [-0.2, -0.15) is 5.10 Å². The molecule has 2 N–H and O–H groups in total. The summed E-state index contributed by atoms with van der Waals surface area (Å²) in [5, 5.41) is 7.94. The molecule has 0 bridgehead atoms. The minimum atomic E-state index is 0.0603. The van der Waals surface area contributed by atoms with E-state index in [-0.39, 0.29) is 6.10 Å². The summed E-state index contributed by atoms with van der Waals surface area (Å²) in [7, 11) is 1.58. The Bertz CT molecular complexity index is 538. The number of nitrogens with zero attached hydrogens (tertiary/aromatic N) is 1. The van der Waals surface area contributed by atoms with Crippen LogP contribution in [0.15, 0.2) is 17.2 Å². The van der Waals surface area contributed by atoms with E-state index >= 15 is 0 Å². The Balaban J connectivity index is 2.88. The maximum absolute atomic E-state index is 6.28. The molecule has 122 valence electrons. The largest absolute Gasteiger partial charge is 0.493 e. The summed E-state index contributed by atoms with van der Waals surface area (Å²) >= 11 is 11.3. The predicted molar refractivity (Wildman–Crippen MR) is 95.4 cm³/mol. The molecule has 0 aliphatic heterocycles. The lowest BCUT2D eigenvalue weighted by Gasteiger charge is -2.17. The van der Waals surface area contributed by atoms with Crippen LogP contribution in [0, 0.1) is 0 Å². The molecule has 7 heteroatoms. The average molecular weight is 344 g/mol. The van der Waals surface area contributed by atoms with E-state index in [2.05, 4.69) is 15.8 Å². The zero-order chi connectivity index (χ0) is 16.5. The highest BCUT2D eigenvalue weighted by atomic mass is 35.5. The fourth-order valence-electron chi connectivity index (χ4n) is 1.58. The van der Waals surface area contributed by atoms with E-state index in [0.29, 0.717) is 21.6 Å². The van der Waals surface area contributed by atoms with Crippen LogP contribution in [0.2, 0.25) is 5.02 Å². The molecule has 0 aliphatic rings. The van der Waals surface area contributed by atoms with E-state index in [0.717, 1.165) is 18.5 Å². The molecule has 0 aromatic heterocycles. The summed E-state index contributed by atoms with van der Waals surface area (Å²) in [5.41, 5.74) is 3.50. The first-order valence-corrected chi connectivity index (χ1v) is 7.91. The molecule has 0 heterocycles. The van der Waals surface area contributed by atoms with Gasteiger partial charge < -0.3 is 14.8 Å². The van der Waals surface area contributed by atoms with Gasteiger partial charge >= 0.3 is 0 Å². The molecule has 1 aromatic carbocycles. The lowest BCUT2D eigenvalue weighted by molar-refractivity contribution is 0.208. The molecular formula is C15H22ClN3O2S. The average Bonchev–Trinajstić information content (AvgIpc) is 2.49.